The van der Waals surface area contributed by atoms with Gasteiger partial charge in [-0.15, -0.1) is 0 Å². The van der Waals surface area contributed by atoms with Crippen molar-refractivity contribution in [2.24, 2.45) is 0 Å². The van der Waals surface area contributed by atoms with Crippen LogP contribution in [0.2, 0.25) is 0 Å². The predicted octanol–water partition coefficient (Wildman–Crippen LogP) is 9.36. The lowest BCUT2D eigenvalue weighted by molar-refractivity contribution is 1.26. The highest BCUT2D eigenvalue weighted by Crippen LogP contribution is 2.35. The fraction of sp³-hybridized carbons (Fsp3) is 0.357. The largest absolute Gasteiger partial charge is 0.0683 e. The van der Waals surface area contributed by atoms with Gasteiger partial charge in [0.05, 0.1) is 0 Å². The Morgan fingerprint density at radius 1 is 0.429 bits per heavy atom. The molecule has 0 fully saturated rings. The Labute approximate surface area is 175 Å². The van der Waals surface area contributed by atoms with Gasteiger partial charge in [-0.05, 0) is 35.6 Å². The molecule has 1 aliphatic carbocycles. The molecular weight excluding hydrogens is 336 g/mol. The van der Waals surface area contributed by atoms with Gasteiger partial charge in [-0.25, -0.2) is 0 Å². The number of aryl methyl sites for hydroxylation is 1. The molecule has 0 amide bonds. The predicted molar refractivity (Wildman–Crippen MR) is 131 cm³/mol. The van der Waals surface area contributed by atoms with Gasteiger partial charge in [-0.2, -0.15) is 0 Å². The zero-order chi connectivity index (χ0) is 21.8. The molecule has 0 aromatic heterocycles. The molecule has 1 aliphatic rings. The van der Waals surface area contributed by atoms with Crippen molar-refractivity contribution >= 4 is 0 Å². The summed E-state index contributed by atoms with van der Waals surface area (Å²) in [6.07, 6.45) is 1.10. The van der Waals surface area contributed by atoms with Crippen molar-refractivity contribution in [2.75, 3.05) is 0 Å². The summed E-state index contributed by atoms with van der Waals surface area (Å²) in [6, 6.07) is 27.6. The Bertz CT molecular complexity index is 652. The highest BCUT2D eigenvalue weighted by Gasteiger charge is 2.15. The smallest absolute Gasteiger partial charge is 0.00135 e. The van der Waals surface area contributed by atoms with Crippen LogP contribution in [0.1, 0.15) is 72.1 Å². The molecule has 0 aliphatic heterocycles. The van der Waals surface area contributed by atoms with Crippen molar-refractivity contribution in [3.05, 3.63) is 95.6 Å². The fourth-order valence-electron chi connectivity index (χ4n) is 2.61. The minimum absolute atomic E-state index is 1.10. The van der Waals surface area contributed by atoms with Crippen LogP contribution in [0.25, 0.3) is 11.1 Å². The summed E-state index contributed by atoms with van der Waals surface area (Å²) >= 11 is 0. The van der Waals surface area contributed by atoms with E-state index < -0.39 is 0 Å². The van der Waals surface area contributed by atoms with E-state index in [9.17, 15) is 0 Å². The Kier molecular flexibility index (Phi) is 19.3. The number of hydrogen-bond acceptors (Lipinski definition) is 0. The molecule has 0 saturated carbocycles. The fourth-order valence-corrected chi connectivity index (χ4v) is 2.61. The molecule has 0 nitrogen and oxygen atoms in total. The van der Waals surface area contributed by atoms with E-state index in [1.165, 1.54) is 27.8 Å². The van der Waals surface area contributed by atoms with Crippen molar-refractivity contribution in [3.63, 3.8) is 0 Å². The number of hydrogen-bond donors (Lipinski definition) is 0. The molecule has 0 radical (unpaired) electrons. The van der Waals surface area contributed by atoms with Gasteiger partial charge in [0.15, 0.2) is 0 Å². The van der Waals surface area contributed by atoms with Gasteiger partial charge in [0.25, 0.3) is 0 Å². The van der Waals surface area contributed by atoms with Crippen molar-refractivity contribution in [1.29, 1.82) is 0 Å². The molecule has 0 heteroatoms. The molecule has 28 heavy (non-hydrogen) atoms. The maximum Gasteiger partial charge on any atom is -0.00135 e. The Hall–Kier alpha value is -2.34. The minimum Gasteiger partial charge on any atom is -0.0683 e. The summed E-state index contributed by atoms with van der Waals surface area (Å²) in [4.78, 5) is 0. The van der Waals surface area contributed by atoms with Crippen molar-refractivity contribution in [1.82, 2.24) is 0 Å². The number of rotatable bonds is 0. The van der Waals surface area contributed by atoms with Crippen molar-refractivity contribution in [3.8, 4) is 11.1 Å². The normalized spacial score (nSPS) is 8.75. The van der Waals surface area contributed by atoms with Gasteiger partial charge in [0.2, 0.25) is 0 Å². The standard InChI is InChI=1S/C13H10.C7H8.4C2H6/c1-3-7-12-10(5-1)9-11-6-2-4-8-13(11)12;1-7-5-3-2-4-6-7;4*1-2/h1-8H,9H2;2-6H,1H3;4*1-2H3. The zero-order valence-electron chi connectivity index (χ0n) is 19.7. The third kappa shape index (κ3) is 9.55. The van der Waals surface area contributed by atoms with Gasteiger partial charge in [0.1, 0.15) is 0 Å². The summed E-state index contributed by atoms with van der Waals surface area (Å²) in [5.41, 5.74) is 7.08. The lowest BCUT2D eigenvalue weighted by Crippen LogP contribution is -1.77. The first-order valence-corrected chi connectivity index (χ1v) is 11.0. The van der Waals surface area contributed by atoms with Crippen LogP contribution in [0, 0.1) is 6.92 Å². The second kappa shape index (κ2) is 19.4. The maximum atomic E-state index is 2.22. The SMILES string of the molecule is CC.CC.CC.CC.Cc1ccccc1.c1ccc2c(c1)Cc1ccccc1-2. The molecular formula is C28H42. The highest BCUT2D eigenvalue weighted by atomic mass is 14.2. The van der Waals surface area contributed by atoms with Gasteiger partial charge < -0.3 is 0 Å². The molecule has 3 aromatic carbocycles. The minimum atomic E-state index is 1.10. The highest BCUT2D eigenvalue weighted by molar-refractivity contribution is 5.76. The van der Waals surface area contributed by atoms with Crippen LogP contribution in [0.4, 0.5) is 0 Å². The van der Waals surface area contributed by atoms with Crippen LogP contribution < -0.4 is 0 Å². The van der Waals surface area contributed by atoms with Crippen LogP contribution in [0.15, 0.2) is 78.9 Å². The first kappa shape index (κ1) is 27.9. The van der Waals surface area contributed by atoms with Crippen LogP contribution >= 0.6 is 0 Å². The zero-order valence-corrected chi connectivity index (χ0v) is 19.7. The Balaban J connectivity index is 0. The summed E-state index contributed by atoms with van der Waals surface area (Å²) in [7, 11) is 0. The third-order valence-electron chi connectivity index (χ3n) is 3.65. The van der Waals surface area contributed by atoms with Crippen LogP contribution in [0.5, 0.6) is 0 Å². The van der Waals surface area contributed by atoms with E-state index in [-0.39, 0.29) is 0 Å². The molecule has 0 heterocycles. The van der Waals surface area contributed by atoms with Gasteiger partial charge in [-0.1, -0.05) is 140 Å². The van der Waals surface area contributed by atoms with E-state index in [1.807, 2.05) is 73.6 Å². The summed E-state index contributed by atoms with van der Waals surface area (Å²) < 4.78 is 0. The van der Waals surface area contributed by atoms with Crippen LogP contribution in [-0.2, 0) is 6.42 Å². The van der Waals surface area contributed by atoms with Crippen LogP contribution in [0.3, 0.4) is 0 Å². The van der Waals surface area contributed by atoms with Crippen molar-refractivity contribution < 1.29 is 0 Å². The number of fused-ring (bicyclic) bond motifs is 3. The monoisotopic (exact) mass is 378 g/mol. The first-order valence-electron chi connectivity index (χ1n) is 11.0. The topological polar surface area (TPSA) is 0 Å². The van der Waals surface area contributed by atoms with Crippen molar-refractivity contribution in [2.45, 2.75) is 68.7 Å². The quantitative estimate of drug-likeness (QED) is 0.286. The molecule has 4 rings (SSSR count). The lowest BCUT2D eigenvalue weighted by Gasteiger charge is -1.98. The molecule has 154 valence electrons. The third-order valence-corrected chi connectivity index (χ3v) is 3.65. The maximum absolute atomic E-state index is 2.22. The van der Waals surface area contributed by atoms with E-state index in [4.69, 9.17) is 0 Å². The van der Waals surface area contributed by atoms with E-state index in [0.717, 1.165) is 6.42 Å². The summed E-state index contributed by atoms with van der Waals surface area (Å²) in [5, 5.41) is 0. The van der Waals surface area contributed by atoms with E-state index in [1.54, 1.807) is 0 Å². The molecule has 3 aromatic rings. The Morgan fingerprint density at radius 3 is 1.07 bits per heavy atom. The van der Waals surface area contributed by atoms with E-state index >= 15 is 0 Å². The van der Waals surface area contributed by atoms with Gasteiger partial charge >= 0.3 is 0 Å². The second-order valence-corrected chi connectivity index (χ2v) is 5.15. The average molecular weight is 379 g/mol. The van der Waals surface area contributed by atoms with Crippen LogP contribution in [-0.4, -0.2) is 0 Å². The van der Waals surface area contributed by atoms with Gasteiger partial charge in [0, 0.05) is 0 Å². The lowest BCUT2D eigenvalue weighted by atomic mass is 10.1. The first-order chi connectivity index (χ1) is 13.8. The molecule has 0 N–H and O–H groups in total. The number of benzene rings is 3. The average Bonchev–Trinajstić information content (AvgIpc) is 3.19. The molecule has 0 saturated heterocycles. The Morgan fingerprint density at radius 2 is 0.750 bits per heavy atom. The molecule has 0 atom stereocenters. The summed E-state index contributed by atoms with van der Waals surface area (Å²) in [5.74, 6) is 0. The molecule has 0 spiro atoms. The summed E-state index contributed by atoms with van der Waals surface area (Å²) in [6.45, 7) is 18.1. The molecule has 0 unspecified atom stereocenters. The van der Waals surface area contributed by atoms with E-state index in [2.05, 4.69) is 67.6 Å². The van der Waals surface area contributed by atoms with Gasteiger partial charge in [-0.3, -0.25) is 0 Å². The van der Waals surface area contributed by atoms with E-state index in [0.29, 0.717) is 0 Å². The second-order valence-electron chi connectivity index (χ2n) is 5.15. The molecule has 0 bridgehead atoms.